The lowest BCUT2D eigenvalue weighted by molar-refractivity contribution is 0.465. The smallest absolute Gasteiger partial charge is 0.123 e. The van der Waals surface area contributed by atoms with E-state index < -0.39 is 0 Å². The molecule has 2 aromatic carbocycles. The molecule has 0 saturated heterocycles. The van der Waals surface area contributed by atoms with Crippen molar-refractivity contribution in [2.24, 2.45) is 0 Å². The standard InChI is InChI=1S/C16H17N3O/c1-9-10(2)15(12(4)16(20)11(9)3)19-14-8-6-5-7-13(14)17-18-19/h5-8,20H,1-4H3. The van der Waals surface area contributed by atoms with E-state index in [1.54, 1.807) is 0 Å². The van der Waals surface area contributed by atoms with E-state index in [1.807, 2.05) is 49.7 Å². The van der Waals surface area contributed by atoms with Crippen LogP contribution >= 0.6 is 0 Å². The van der Waals surface area contributed by atoms with Crippen LogP contribution in [0.2, 0.25) is 0 Å². The van der Waals surface area contributed by atoms with Crippen molar-refractivity contribution in [2.45, 2.75) is 27.7 Å². The highest BCUT2D eigenvalue weighted by Gasteiger charge is 2.18. The lowest BCUT2D eigenvalue weighted by Gasteiger charge is -2.17. The van der Waals surface area contributed by atoms with E-state index in [1.165, 1.54) is 0 Å². The molecule has 1 heterocycles. The molecule has 0 aliphatic heterocycles. The second-order valence-electron chi connectivity index (χ2n) is 5.19. The van der Waals surface area contributed by atoms with Gasteiger partial charge in [-0.25, -0.2) is 4.68 Å². The first kappa shape index (κ1) is 12.7. The molecular formula is C16H17N3O. The topological polar surface area (TPSA) is 50.9 Å². The molecular weight excluding hydrogens is 250 g/mol. The highest BCUT2D eigenvalue weighted by atomic mass is 16.3. The molecule has 0 radical (unpaired) electrons. The first-order chi connectivity index (χ1) is 9.52. The van der Waals surface area contributed by atoms with Crippen molar-refractivity contribution in [3.8, 4) is 11.4 Å². The Hall–Kier alpha value is -2.36. The monoisotopic (exact) mass is 267 g/mol. The quantitative estimate of drug-likeness (QED) is 0.735. The van der Waals surface area contributed by atoms with Gasteiger partial charge in [0, 0.05) is 5.56 Å². The van der Waals surface area contributed by atoms with Gasteiger partial charge in [0.25, 0.3) is 0 Å². The lowest BCUT2D eigenvalue weighted by atomic mass is 9.97. The number of fused-ring (bicyclic) bond motifs is 1. The zero-order chi connectivity index (χ0) is 14.4. The third-order valence-electron chi connectivity index (χ3n) is 4.11. The Bertz CT molecular complexity index is 789. The summed E-state index contributed by atoms with van der Waals surface area (Å²) in [5, 5.41) is 18.7. The molecule has 0 atom stereocenters. The van der Waals surface area contributed by atoms with Gasteiger partial charge in [-0.15, -0.1) is 5.10 Å². The van der Waals surface area contributed by atoms with E-state index in [2.05, 4.69) is 17.2 Å². The molecule has 0 saturated carbocycles. The van der Waals surface area contributed by atoms with Gasteiger partial charge in [0.2, 0.25) is 0 Å². The van der Waals surface area contributed by atoms with Crippen LogP contribution in [-0.4, -0.2) is 20.1 Å². The fourth-order valence-electron chi connectivity index (χ4n) is 2.66. The van der Waals surface area contributed by atoms with E-state index in [-0.39, 0.29) is 0 Å². The normalized spacial score (nSPS) is 11.2. The van der Waals surface area contributed by atoms with Crippen LogP contribution in [0.25, 0.3) is 16.7 Å². The number of nitrogens with zero attached hydrogens (tertiary/aromatic N) is 3. The summed E-state index contributed by atoms with van der Waals surface area (Å²) in [5.74, 6) is 0.336. The predicted octanol–water partition coefficient (Wildman–Crippen LogP) is 3.36. The molecule has 0 fully saturated rings. The number of phenols is 1. The summed E-state index contributed by atoms with van der Waals surface area (Å²) < 4.78 is 1.81. The average molecular weight is 267 g/mol. The van der Waals surface area contributed by atoms with E-state index in [0.29, 0.717) is 5.75 Å². The molecule has 0 spiro atoms. The molecule has 0 bridgehead atoms. The Morgan fingerprint density at radius 3 is 2.35 bits per heavy atom. The van der Waals surface area contributed by atoms with E-state index in [0.717, 1.165) is 39.0 Å². The van der Waals surface area contributed by atoms with Crippen LogP contribution in [0.1, 0.15) is 22.3 Å². The third-order valence-corrected chi connectivity index (χ3v) is 4.11. The number of aromatic hydroxyl groups is 1. The zero-order valence-corrected chi connectivity index (χ0v) is 12.1. The molecule has 3 aromatic rings. The molecule has 0 aliphatic rings. The van der Waals surface area contributed by atoms with Gasteiger partial charge < -0.3 is 5.11 Å². The highest BCUT2D eigenvalue weighted by Crippen LogP contribution is 2.34. The van der Waals surface area contributed by atoms with Gasteiger partial charge in [-0.05, 0) is 56.5 Å². The van der Waals surface area contributed by atoms with Crippen molar-refractivity contribution >= 4 is 11.0 Å². The summed E-state index contributed by atoms with van der Waals surface area (Å²) in [5.41, 5.74) is 6.68. The first-order valence-corrected chi connectivity index (χ1v) is 6.62. The van der Waals surface area contributed by atoms with Crippen molar-refractivity contribution < 1.29 is 5.11 Å². The summed E-state index contributed by atoms with van der Waals surface area (Å²) in [6, 6.07) is 7.83. The zero-order valence-electron chi connectivity index (χ0n) is 12.1. The summed E-state index contributed by atoms with van der Waals surface area (Å²) in [6.45, 7) is 7.93. The molecule has 1 N–H and O–H groups in total. The molecule has 0 amide bonds. The van der Waals surface area contributed by atoms with Crippen LogP contribution in [0, 0.1) is 27.7 Å². The maximum atomic E-state index is 10.3. The number of aromatic nitrogens is 3. The first-order valence-electron chi connectivity index (χ1n) is 6.62. The van der Waals surface area contributed by atoms with Gasteiger partial charge in [0.1, 0.15) is 11.3 Å². The molecule has 20 heavy (non-hydrogen) atoms. The van der Waals surface area contributed by atoms with Crippen molar-refractivity contribution in [3.05, 3.63) is 46.5 Å². The Morgan fingerprint density at radius 1 is 0.900 bits per heavy atom. The van der Waals surface area contributed by atoms with Crippen molar-refractivity contribution in [1.82, 2.24) is 15.0 Å². The largest absolute Gasteiger partial charge is 0.507 e. The van der Waals surface area contributed by atoms with E-state index >= 15 is 0 Å². The van der Waals surface area contributed by atoms with Crippen LogP contribution in [0.15, 0.2) is 24.3 Å². The Labute approximate surface area is 117 Å². The number of phenolic OH excluding ortho intramolecular Hbond substituents is 1. The number of rotatable bonds is 1. The van der Waals surface area contributed by atoms with Crippen LogP contribution in [-0.2, 0) is 0 Å². The molecule has 1 aromatic heterocycles. The fourth-order valence-corrected chi connectivity index (χ4v) is 2.66. The number of para-hydroxylation sites is 1. The Balaban J connectivity index is 2.41. The van der Waals surface area contributed by atoms with Gasteiger partial charge in [0.05, 0.1) is 11.2 Å². The minimum atomic E-state index is 0.336. The Morgan fingerprint density at radius 2 is 1.60 bits per heavy atom. The minimum Gasteiger partial charge on any atom is -0.507 e. The van der Waals surface area contributed by atoms with Crippen LogP contribution in [0.4, 0.5) is 0 Å². The van der Waals surface area contributed by atoms with E-state index in [4.69, 9.17) is 0 Å². The molecule has 3 rings (SSSR count). The van der Waals surface area contributed by atoms with Crippen LogP contribution < -0.4 is 0 Å². The number of hydrogen-bond donors (Lipinski definition) is 1. The van der Waals surface area contributed by atoms with Crippen LogP contribution in [0.3, 0.4) is 0 Å². The summed E-state index contributed by atoms with van der Waals surface area (Å²) in [4.78, 5) is 0. The SMILES string of the molecule is Cc1c(C)c(O)c(C)c(-n2nnc3ccccc32)c1C. The summed E-state index contributed by atoms with van der Waals surface area (Å²) >= 11 is 0. The number of benzene rings is 2. The van der Waals surface area contributed by atoms with Crippen molar-refractivity contribution in [3.63, 3.8) is 0 Å². The summed E-state index contributed by atoms with van der Waals surface area (Å²) in [6.07, 6.45) is 0. The molecule has 0 aliphatic carbocycles. The van der Waals surface area contributed by atoms with Gasteiger partial charge in [-0.1, -0.05) is 17.3 Å². The third kappa shape index (κ3) is 1.61. The van der Waals surface area contributed by atoms with Gasteiger partial charge in [-0.2, -0.15) is 0 Å². The molecule has 0 unspecified atom stereocenters. The van der Waals surface area contributed by atoms with Gasteiger partial charge in [0.15, 0.2) is 0 Å². The average Bonchev–Trinajstić information content (AvgIpc) is 2.87. The second-order valence-corrected chi connectivity index (χ2v) is 5.19. The van der Waals surface area contributed by atoms with Crippen molar-refractivity contribution in [1.29, 1.82) is 0 Å². The maximum absolute atomic E-state index is 10.3. The van der Waals surface area contributed by atoms with Gasteiger partial charge in [-0.3, -0.25) is 0 Å². The molecule has 4 nitrogen and oxygen atoms in total. The second kappa shape index (κ2) is 4.34. The molecule has 4 heteroatoms. The summed E-state index contributed by atoms with van der Waals surface area (Å²) in [7, 11) is 0. The predicted molar refractivity (Wildman–Crippen MR) is 79.5 cm³/mol. The maximum Gasteiger partial charge on any atom is 0.123 e. The minimum absolute atomic E-state index is 0.336. The van der Waals surface area contributed by atoms with Crippen molar-refractivity contribution in [2.75, 3.05) is 0 Å². The van der Waals surface area contributed by atoms with E-state index in [9.17, 15) is 5.11 Å². The Kier molecular flexibility index (Phi) is 2.74. The van der Waals surface area contributed by atoms with Crippen LogP contribution in [0.5, 0.6) is 5.75 Å². The van der Waals surface area contributed by atoms with Gasteiger partial charge >= 0.3 is 0 Å². The highest BCUT2D eigenvalue weighted by molar-refractivity contribution is 5.77. The fraction of sp³-hybridized carbons (Fsp3) is 0.250. The molecule has 102 valence electrons. The lowest BCUT2D eigenvalue weighted by Crippen LogP contribution is -2.05. The number of hydrogen-bond acceptors (Lipinski definition) is 3.